The zero-order chi connectivity index (χ0) is 20.3. The van der Waals surface area contributed by atoms with Gasteiger partial charge in [0, 0.05) is 19.5 Å². The van der Waals surface area contributed by atoms with Crippen molar-refractivity contribution in [2.75, 3.05) is 6.54 Å². The van der Waals surface area contributed by atoms with Gasteiger partial charge in [-0.15, -0.1) is 0 Å². The molecule has 0 unspecified atom stereocenters. The van der Waals surface area contributed by atoms with Crippen LogP contribution >= 0.6 is 0 Å². The molecule has 1 atom stereocenters. The number of rotatable bonds is 5. The predicted octanol–water partition coefficient (Wildman–Crippen LogP) is 1.17. The summed E-state index contributed by atoms with van der Waals surface area (Å²) in [6.07, 6.45) is -3.98. The number of aromatic amines is 2. The van der Waals surface area contributed by atoms with Crippen LogP contribution in [0.15, 0.2) is 29.1 Å². The van der Waals surface area contributed by atoms with Gasteiger partial charge in [0.25, 0.3) is 0 Å². The molecule has 1 aliphatic heterocycles. The van der Waals surface area contributed by atoms with Crippen molar-refractivity contribution in [3.8, 4) is 0 Å². The maximum atomic E-state index is 12.9. The number of hydrogen-bond donors (Lipinski definition) is 3. The monoisotopic (exact) mass is 397 g/mol. The van der Waals surface area contributed by atoms with Gasteiger partial charge in [0.1, 0.15) is 5.82 Å². The van der Waals surface area contributed by atoms with Gasteiger partial charge in [0.15, 0.2) is 0 Å². The minimum Gasteiger partial charge on any atom is -0.349 e. The number of carbonyl (C=O) groups excluding carboxylic acids is 2. The first-order chi connectivity index (χ1) is 13.2. The van der Waals surface area contributed by atoms with Crippen LogP contribution in [0, 0.1) is 5.92 Å². The van der Waals surface area contributed by atoms with Crippen molar-refractivity contribution >= 4 is 11.8 Å². The van der Waals surface area contributed by atoms with E-state index in [1.807, 2.05) is 0 Å². The van der Waals surface area contributed by atoms with E-state index in [1.165, 1.54) is 17.0 Å². The minimum atomic E-state index is -4.46. The molecule has 11 heteroatoms. The number of alkyl halides is 3. The molecule has 0 bridgehead atoms. The van der Waals surface area contributed by atoms with Crippen LogP contribution < -0.4 is 11.0 Å². The van der Waals surface area contributed by atoms with Crippen molar-refractivity contribution in [3.05, 3.63) is 51.7 Å². The zero-order valence-electron chi connectivity index (χ0n) is 14.7. The molecule has 0 spiro atoms. The van der Waals surface area contributed by atoms with E-state index in [0.29, 0.717) is 12.0 Å². The third-order valence-electron chi connectivity index (χ3n) is 4.48. The Morgan fingerprint density at radius 2 is 2.11 bits per heavy atom. The second-order valence-electron chi connectivity index (χ2n) is 6.55. The van der Waals surface area contributed by atoms with E-state index in [2.05, 4.69) is 20.5 Å². The number of H-pyrrole nitrogens is 2. The average Bonchev–Trinajstić information content (AvgIpc) is 3.06. The highest BCUT2D eigenvalue weighted by Gasteiger charge is 2.32. The highest BCUT2D eigenvalue weighted by molar-refractivity contribution is 5.83. The first-order valence-corrected chi connectivity index (χ1v) is 8.57. The number of amides is 2. The molecule has 3 N–H and O–H groups in total. The SMILES string of the molecule is O=C(NCc1n[nH]c(=O)[nH]1)[C@@H]1CCC(=O)N(Cc2cccc(C(F)(F)F)c2)C1. The second-order valence-corrected chi connectivity index (χ2v) is 6.55. The predicted molar refractivity (Wildman–Crippen MR) is 90.6 cm³/mol. The molecule has 0 saturated carbocycles. The van der Waals surface area contributed by atoms with Gasteiger partial charge in [-0.25, -0.2) is 9.89 Å². The molecule has 2 heterocycles. The third-order valence-corrected chi connectivity index (χ3v) is 4.48. The normalized spacial score (nSPS) is 17.6. The molecule has 0 radical (unpaired) electrons. The summed E-state index contributed by atoms with van der Waals surface area (Å²) in [6, 6.07) is 4.78. The summed E-state index contributed by atoms with van der Waals surface area (Å²) >= 11 is 0. The van der Waals surface area contributed by atoms with Crippen LogP contribution in [0.5, 0.6) is 0 Å². The number of halogens is 3. The zero-order valence-corrected chi connectivity index (χ0v) is 14.7. The number of nitrogens with one attached hydrogen (secondary N) is 3. The Bertz CT molecular complexity index is 921. The number of aromatic nitrogens is 3. The van der Waals surface area contributed by atoms with E-state index >= 15 is 0 Å². The second kappa shape index (κ2) is 7.87. The van der Waals surface area contributed by atoms with Crippen LogP contribution in [0.1, 0.15) is 29.8 Å². The molecule has 0 aliphatic carbocycles. The first-order valence-electron chi connectivity index (χ1n) is 8.57. The summed E-state index contributed by atoms with van der Waals surface area (Å²) in [4.78, 5) is 39.3. The van der Waals surface area contributed by atoms with Gasteiger partial charge >= 0.3 is 11.9 Å². The lowest BCUT2D eigenvalue weighted by Crippen LogP contribution is -2.45. The molecule has 1 aromatic carbocycles. The first kappa shape index (κ1) is 19.6. The molecule has 2 aromatic rings. The molecular formula is C17H18F3N5O3. The summed E-state index contributed by atoms with van der Waals surface area (Å²) in [5.41, 5.74) is -0.921. The maximum absolute atomic E-state index is 12.9. The van der Waals surface area contributed by atoms with Crippen LogP contribution in [-0.4, -0.2) is 38.4 Å². The minimum absolute atomic E-state index is 0.000775. The fourth-order valence-electron chi connectivity index (χ4n) is 3.05. The molecule has 150 valence electrons. The highest BCUT2D eigenvalue weighted by atomic mass is 19.4. The van der Waals surface area contributed by atoms with Gasteiger partial charge in [-0.2, -0.15) is 18.3 Å². The summed E-state index contributed by atoms with van der Waals surface area (Å²) in [5, 5.41) is 8.49. The van der Waals surface area contributed by atoms with Crippen molar-refractivity contribution in [1.29, 1.82) is 0 Å². The van der Waals surface area contributed by atoms with E-state index in [9.17, 15) is 27.6 Å². The van der Waals surface area contributed by atoms with E-state index in [1.54, 1.807) is 0 Å². The fourth-order valence-corrected chi connectivity index (χ4v) is 3.05. The summed E-state index contributed by atoms with van der Waals surface area (Å²) < 4.78 is 38.6. The van der Waals surface area contributed by atoms with Crippen molar-refractivity contribution in [3.63, 3.8) is 0 Å². The standard InChI is InChI=1S/C17H18F3N5O3/c18-17(19,20)12-3-1-2-10(6-12)8-25-9-11(4-5-14(25)26)15(27)21-7-13-22-16(28)24-23-13/h1-3,6,11H,4-5,7-9H2,(H,21,27)(H2,22,23,24,28)/t11-/m1/s1. The smallest absolute Gasteiger partial charge is 0.349 e. The quantitative estimate of drug-likeness (QED) is 0.703. The fraction of sp³-hybridized carbons (Fsp3) is 0.412. The molecule has 1 saturated heterocycles. The van der Waals surface area contributed by atoms with Crippen LogP contribution in [0.4, 0.5) is 13.2 Å². The molecule has 1 aromatic heterocycles. The Morgan fingerprint density at radius 3 is 2.79 bits per heavy atom. The molecule has 1 fully saturated rings. The Kier molecular flexibility index (Phi) is 5.52. The average molecular weight is 397 g/mol. The van der Waals surface area contributed by atoms with Crippen LogP contribution in [0.3, 0.4) is 0 Å². The van der Waals surface area contributed by atoms with E-state index in [0.717, 1.165) is 12.1 Å². The lowest BCUT2D eigenvalue weighted by molar-refractivity contribution is -0.139. The van der Waals surface area contributed by atoms with E-state index < -0.39 is 23.3 Å². The van der Waals surface area contributed by atoms with Crippen LogP contribution in [-0.2, 0) is 28.9 Å². The van der Waals surface area contributed by atoms with Gasteiger partial charge < -0.3 is 10.2 Å². The Labute approximate surface area is 157 Å². The number of piperidine rings is 1. The maximum Gasteiger partial charge on any atom is 0.416 e. The molecule has 8 nitrogen and oxygen atoms in total. The number of likely N-dealkylation sites (tertiary alicyclic amines) is 1. The topological polar surface area (TPSA) is 111 Å². The van der Waals surface area contributed by atoms with Crippen molar-refractivity contribution in [1.82, 2.24) is 25.4 Å². The molecule has 2 amide bonds. The van der Waals surface area contributed by atoms with Gasteiger partial charge in [-0.05, 0) is 24.1 Å². The number of benzene rings is 1. The van der Waals surface area contributed by atoms with Gasteiger partial charge in [0.2, 0.25) is 11.8 Å². The number of nitrogens with zero attached hydrogens (tertiary/aromatic N) is 2. The number of hydrogen-bond acceptors (Lipinski definition) is 4. The molecular weight excluding hydrogens is 379 g/mol. The van der Waals surface area contributed by atoms with Gasteiger partial charge in [-0.1, -0.05) is 12.1 Å². The van der Waals surface area contributed by atoms with Crippen LogP contribution in [0.2, 0.25) is 0 Å². The van der Waals surface area contributed by atoms with E-state index in [4.69, 9.17) is 0 Å². The van der Waals surface area contributed by atoms with Crippen LogP contribution in [0.25, 0.3) is 0 Å². The largest absolute Gasteiger partial charge is 0.416 e. The van der Waals surface area contributed by atoms with Crippen molar-refractivity contribution < 1.29 is 22.8 Å². The molecule has 28 heavy (non-hydrogen) atoms. The van der Waals surface area contributed by atoms with Gasteiger partial charge in [-0.3, -0.25) is 14.6 Å². The van der Waals surface area contributed by atoms with Gasteiger partial charge in [0.05, 0.1) is 18.0 Å². The Balaban J connectivity index is 1.61. The summed E-state index contributed by atoms with van der Waals surface area (Å²) in [7, 11) is 0. The summed E-state index contributed by atoms with van der Waals surface area (Å²) in [6.45, 7) is 0.132. The summed E-state index contributed by atoms with van der Waals surface area (Å²) in [5.74, 6) is -0.747. The van der Waals surface area contributed by atoms with Crippen molar-refractivity contribution in [2.24, 2.45) is 5.92 Å². The lowest BCUT2D eigenvalue weighted by Gasteiger charge is -2.32. The molecule has 3 rings (SSSR count). The highest BCUT2D eigenvalue weighted by Crippen LogP contribution is 2.30. The third kappa shape index (κ3) is 4.78. The Hall–Kier alpha value is -3.11. The lowest BCUT2D eigenvalue weighted by atomic mass is 9.96. The molecule has 1 aliphatic rings. The Morgan fingerprint density at radius 1 is 1.32 bits per heavy atom. The number of carbonyl (C=O) groups is 2. The van der Waals surface area contributed by atoms with Crippen molar-refractivity contribution in [2.45, 2.75) is 32.1 Å². The van der Waals surface area contributed by atoms with E-state index in [-0.39, 0.29) is 43.7 Å².